The van der Waals surface area contributed by atoms with Crippen LogP contribution in [0, 0.1) is 0 Å². The summed E-state index contributed by atoms with van der Waals surface area (Å²) < 4.78 is 1.65. The molecule has 4 rings (SSSR count). The van der Waals surface area contributed by atoms with E-state index in [1.165, 1.54) is 0 Å². The fraction of sp³-hybridized carbons (Fsp3) is 0.560. The molecular formula is C25H35N5O2. The number of piperidine rings is 1. The maximum Gasteiger partial charge on any atom is 0.272 e. The molecule has 7 heteroatoms. The first-order chi connectivity index (χ1) is 15.5. The molecule has 2 aliphatic rings. The number of amides is 2. The zero-order chi connectivity index (χ0) is 22.7. The van der Waals surface area contributed by atoms with Gasteiger partial charge in [-0.05, 0) is 43.5 Å². The molecular weight excluding hydrogens is 402 g/mol. The normalized spacial score (nSPS) is 22.2. The second kappa shape index (κ2) is 9.86. The number of fused-ring (bicyclic) bond motifs is 3. The highest BCUT2D eigenvalue weighted by molar-refractivity contribution is 5.95. The van der Waals surface area contributed by atoms with E-state index in [0.717, 1.165) is 43.5 Å². The highest BCUT2D eigenvalue weighted by atomic mass is 16.2. The van der Waals surface area contributed by atoms with E-state index in [0.29, 0.717) is 43.8 Å². The molecule has 0 radical (unpaired) electrons. The average molecular weight is 438 g/mol. The van der Waals surface area contributed by atoms with E-state index in [4.69, 9.17) is 0 Å². The molecule has 2 amide bonds. The molecule has 2 aliphatic heterocycles. The summed E-state index contributed by atoms with van der Waals surface area (Å²) in [5.74, 6) is 0.127. The summed E-state index contributed by atoms with van der Waals surface area (Å²) in [6, 6.07) is 10.6. The van der Waals surface area contributed by atoms with Gasteiger partial charge >= 0.3 is 0 Å². The zero-order valence-electron chi connectivity index (χ0n) is 19.5. The van der Waals surface area contributed by atoms with Crippen LogP contribution in [0.1, 0.15) is 62.0 Å². The van der Waals surface area contributed by atoms with Crippen LogP contribution in [-0.2, 0) is 18.4 Å². The van der Waals surface area contributed by atoms with E-state index < -0.39 is 0 Å². The van der Waals surface area contributed by atoms with Gasteiger partial charge in [-0.25, -0.2) is 0 Å². The van der Waals surface area contributed by atoms with Crippen molar-refractivity contribution < 1.29 is 9.59 Å². The predicted molar refractivity (Wildman–Crippen MR) is 125 cm³/mol. The number of anilines is 1. The minimum absolute atomic E-state index is 0.00871. The maximum atomic E-state index is 13.6. The fourth-order valence-corrected chi connectivity index (χ4v) is 5.42. The van der Waals surface area contributed by atoms with Gasteiger partial charge in [-0.2, -0.15) is 5.10 Å². The minimum Gasteiger partial charge on any atom is -0.331 e. The Hall–Kier alpha value is -2.67. The van der Waals surface area contributed by atoms with Crippen molar-refractivity contribution in [3.63, 3.8) is 0 Å². The number of hydrogen-bond donors (Lipinski definition) is 0. The van der Waals surface area contributed by atoms with Crippen molar-refractivity contribution in [2.45, 2.75) is 64.6 Å². The molecule has 0 N–H and O–H groups in total. The lowest BCUT2D eigenvalue weighted by atomic mass is 9.93. The van der Waals surface area contributed by atoms with Crippen molar-refractivity contribution in [1.29, 1.82) is 0 Å². The Labute approximate surface area is 191 Å². The van der Waals surface area contributed by atoms with E-state index in [2.05, 4.69) is 23.0 Å². The molecule has 2 unspecified atom stereocenters. The van der Waals surface area contributed by atoms with E-state index in [9.17, 15) is 9.59 Å². The summed E-state index contributed by atoms with van der Waals surface area (Å²) >= 11 is 0. The standard InChI is InChI=1S/C25H35N5O2/c1-4-24(31)30-16-14-20-10-8-11-21(29(20)5-2)18-28(17-19-9-6-7-12-22(19)30)25(32)23-13-15-26-27(23)3/h6-7,9,12-13,15,20-21H,4-5,8,10-11,14,16-18H2,1-3H3. The molecule has 0 saturated carbocycles. The molecule has 1 fully saturated rings. The first-order valence-electron chi connectivity index (χ1n) is 11.9. The topological polar surface area (TPSA) is 61.7 Å². The van der Waals surface area contributed by atoms with Crippen LogP contribution in [0.2, 0.25) is 0 Å². The third-order valence-corrected chi connectivity index (χ3v) is 7.07. The number of nitrogens with zero attached hydrogens (tertiary/aromatic N) is 5. The number of carbonyl (C=O) groups excluding carboxylic acids is 2. The largest absolute Gasteiger partial charge is 0.331 e. The second-order valence-corrected chi connectivity index (χ2v) is 8.91. The van der Waals surface area contributed by atoms with Crippen molar-refractivity contribution in [2.75, 3.05) is 24.5 Å². The van der Waals surface area contributed by atoms with Gasteiger partial charge in [0.25, 0.3) is 5.91 Å². The number of aryl methyl sites for hydroxylation is 1. The molecule has 2 bridgehead atoms. The Kier molecular flexibility index (Phi) is 6.94. The van der Waals surface area contributed by atoms with Crippen LogP contribution in [0.15, 0.2) is 36.5 Å². The van der Waals surface area contributed by atoms with Crippen LogP contribution in [0.4, 0.5) is 5.69 Å². The molecule has 2 aromatic rings. The molecule has 172 valence electrons. The number of hydrogen-bond acceptors (Lipinski definition) is 4. The Morgan fingerprint density at radius 3 is 2.56 bits per heavy atom. The molecule has 7 nitrogen and oxygen atoms in total. The smallest absolute Gasteiger partial charge is 0.272 e. The molecule has 32 heavy (non-hydrogen) atoms. The molecule has 3 heterocycles. The first kappa shape index (κ1) is 22.5. The summed E-state index contributed by atoms with van der Waals surface area (Å²) in [6.45, 7) is 6.97. The Morgan fingerprint density at radius 2 is 1.84 bits per heavy atom. The third kappa shape index (κ3) is 4.44. The van der Waals surface area contributed by atoms with Gasteiger partial charge in [-0.3, -0.25) is 19.2 Å². The number of aromatic nitrogens is 2. The lowest BCUT2D eigenvalue weighted by molar-refractivity contribution is -0.118. The number of para-hydroxylation sites is 1. The van der Waals surface area contributed by atoms with Crippen molar-refractivity contribution in [3.05, 3.63) is 47.8 Å². The second-order valence-electron chi connectivity index (χ2n) is 8.91. The summed E-state index contributed by atoms with van der Waals surface area (Å²) in [5.41, 5.74) is 2.54. The van der Waals surface area contributed by atoms with Gasteiger partial charge in [-0.1, -0.05) is 38.5 Å². The monoisotopic (exact) mass is 437 g/mol. The van der Waals surface area contributed by atoms with E-state index in [1.54, 1.807) is 16.9 Å². The van der Waals surface area contributed by atoms with Gasteiger partial charge in [0.15, 0.2) is 0 Å². The minimum atomic E-state index is -0.00871. The van der Waals surface area contributed by atoms with Gasteiger partial charge in [0.2, 0.25) is 5.91 Å². The first-order valence-corrected chi connectivity index (χ1v) is 11.9. The number of carbonyl (C=O) groups is 2. The zero-order valence-corrected chi connectivity index (χ0v) is 19.5. The van der Waals surface area contributed by atoms with Crippen LogP contribution in [0.5, 0.6) is 0 Å². The quantitative estimate of drug-likeness (QED) is 0.738. The number of likely N-dealkylation sites (N-methyl/N-ethyl adjacent to an activating group) is 1. The van der Waals surface area contributed by atoms with Crippen LogP contribution in [0.25, 0.3) is 0 Å². The lowest BCUT2D eigenvalue weighted by Gasteiger charge is -2.43. The van der Waals surface area contributed by atoms with E-state index >= 15 is 0 Å². The Bertz CT molecular complexity index is 955. The van der Waals surface area contributed by atoms with E-state index in [-0.39, 0.29) is 11.8 Å². The number of benzene rings is 1. The summed E-state index contributed by atoms with van der Waals surface area (Å²) in [5, 5.41) is 4.21. The summed E-state index contributed by atoms with van der Waals surface area (Å²) in [6.07, 6.45) is 6.50. The number of rotatable bonds is 3. The molecule has 2 atom stereocenters. The van der Waals surface area contributed by atoms with Crippen molar-refractivity contribution in [2.24, 2.45) is 7.05 Å². The van der Waals surface area contributed by atoms with Crippen LogP contribution in [-0.4, -0.2) is 63.1 Å². The van der Waals surface area contributed by atoms with Crippen LogP contribution < -0.4 is 4.90 Å². The van der Waals surface area contributed by atoms with Crippen molar-refractivity contribution in [1.82, 2.24) is 19.6 Å². The van der Waals surface area contributed by atoms with Crippen molar-refractivity contribution in [3.8, 4) is 0 Å². The van der Waals surface area contributed by atoms with Gasteiger partial charge < -0.3 is 9.80 Å². The third-order valence-electron chi connectivity index (χ3n) is 7.07. The predicted octanol–water partition coefficient (Wildman–Crippen LogP) is 3.45. The maximum absolute atomic E-state index is 13.6. The lowest BCUT2D eigenvalue weighted by Crippen LogP contribution is -2.52. The highest BCUT2D eigenvalue weighted by Gasteiger charge is 2.34. The average Bonchev–Trinajstić information content (AvgIpc) is 3.24. The van der Waals surface area contributed by atoms with Crippen molar-refractivity contribution >= 4 is 17.5 Å². The van der Waals surface area contributed by atoms with E-state index in [1.807, 2.05) is 42.0 Å². The highest BCUT2D eigenvalue weighted by Crippen LogP contribution is 2.31. The fourth-order valence-electron chi connectivity index (χ4n) is 5.42. The SMILES string of the molecule is CCC(=O)N1CCC2CCCC(CN(C(=O)c3ccnn3C)Cc3ccccc31)N2CC. The van der Waals surface area contributed by atoms with Crippen LogP contribution in [0.3, 0.4) is 0 Å². The van der Waals surface area contributed by atoms with Gasteiger partial charge in [0.1, 0.15) is 5.69 Å². The molecule has 0 spiro atoms. The summed E-state index contributed by atoms with van der Waals surface area (Å²) in [7, 11) is 1.81. The van der Waals surface area contributed by atoms with Gasteiger partial charge in [0, 0.05) is 57.1 Å². The molecule has 1 saturated heterocycles. The molecule has 1 aromatic carbocycles. The summed E-state index contributed by atoms with van der Waals surface area (Å²) in [4.78, 5) is 33.1. The van der Waals surface area contributed by atoms with Crippen LogP contribution >= 0.6 is 0 Å². The Balaban J connectivity index is 1.78. The van der Waals surface area contributed by atoms with Gasteiger partial charge in [-0.15, -0.1) is 0 Å². The Morgan fingerprint density at radius 1 is 1.06 bits per heavy atom. The molecule has 1 aromatic heterocycles. The molecule has 0 aliphatic carbocycles. The van der Waals surface area contributed by atoms with Gasteiger partial charge in [0.05, 0.1) is 0 Å².